The third kappa shape index (κ3) is 4.56. The molecule has 1 aliphatic rings. The molecule has 0 spiro atoms. The number of aromatic nitrogens is 4. The van der Waals surface area contributed by atoms with Gasteiger partial charge >= 0.3 is 5.97 Å². The molecule has 2 aromatic heterocycles. The monoisotopic (exact) mass is 465 g/mol. The second-order valence-corrected chi connectivity index (χ2v) is 7.48. The number of hydrogen-bond donors (Lipinski definition) is 1. The minimum absolute atomic E-state index is 0.0216. The summed E-state index contributed by atoms with van der Waals surface area (Å²) < 4.78 is 26.6. The van der Waals surface area contributed by atoms with Crippen molar-refractivity contribution in [2.75, 3.05) is 18.0 Å². The van der Waals surface area contributed by atoms with Crippen LogP contribution in [0.1, 0.15) is 12.8 Å². The quantitative estimate of drug-likeness (QED) is 0.591. The molecular weight excluding hydrogens is 449 g/mol. The van der Waals surface area contributed by atoms with Gasteiger partial charge in [-0.05, 0) is 28.1 Å². The number of anilines is 1. The van der Waals surface area contributed by atoms with Crippen molar-refractivity contribution in [1.82, 2.24) is 20.2 Å². The molecular formula is C18H17BrFN5O4. The molecule has 1 N–H and O–H groups in total. The Labute approximate surface area is 173 Å². The molecule has 0 saturated carbocycles. The van der Waals surface area contributed by atoms with Crippen molar-refractivity contribution in [3.05, 3.63) is 40.8 Å². The van der Waals surface area contributed by atoms with Crippen molar-refractivity contribution in [1.29, 1.82) is 0 Å². The van der Waals surface area contributed by atoms with Crippen LogP contribution in [0.4, 0.5) is 10.2 Å². The van der Waals surface area contributed by atoms with Crippen molar-refractivity contribution in [3.8, 4) is 17.2 Å². The Hall–Kier alpha value is -2.95. The van der Waals surface area contributed by atoms with Crippen molar-refractivity contribution in [2.24, 2.45) is 0 Å². The second-order valence-electron chi connectivity index (χ2n) is 6.62. The number of rotatable bonds is 6. The molecule has 0 unspecified atom stereocenters. The zero-order chi connectivity index (χ0) is 20.4. The Morgan fingerprint density at radius 3 is 2.90 bits per heavy atom. The van der Waals surface area contributed by atoms with Gasteiger partial charge in [-0.1, -0.05) is 10.4 Å². The summed E-state index contributed by atoms with van der Waals surface area (Å²) in [5.41, 5.74) is 0.416. The number of nitrogens with zero attached hydrogens (tertiary/aromatic N) is 5. The maximum atomic E-state index is 13.4. The first-order chi connectivity index (χ1) is 14.0. The highest BCUT2D eigenvalue weighted by atomic mass is 79.9. The van der Waals surface area contributed by atoms with Gasteiger partial charge in [-0.15, -0.1) is 5.10 Å². The van der Waals surface area contributed by atoms with Crippen LogP contribution in [0.3, 0.4) is 0 Å². The van der Waals surface area contributed by atoms with Crippen LogP contribution in [0, 0.1) is 5.82 Å². The normalized spacial score (nSPS) is 14.9. The van der Waals surface area contributed by atoms with Crippen molar-refractivity contribution in [3.63, 3.8) is 0 Å². The first kappa shape index (κ1) is 19.4. The van der Waals surface area contributed by atoms with Crippen LogP contribution >= 0.6 is 15.9 Å². The molecule has 0 radical (unpaired) electrons. The maximum absolute atomic E-state index is 13.4. The number of aliphatic carboxylic acids is 1. The molecule has 0 atom stereocenters. The van der Waals surface area contributed by atoms with E-state index in [2.05, 4.69) is 36.3 Å². The Morgan fingerprint density at radius 1 is 1.34 bits per heavy atom. The second kappa shape index (κ2) is 8.19. The molecule has 9 nitrogen and oxygen atoms in total. The van der Waals surface area contributed by atoms with E-state index in [1.54, 1.807) is 12.1 Å². The van der Waals surface area contributed by atoms with Crippen LogP contribution < -0.4 is 9.64 Å². The van der Waals surface area contributed by atoms with E-state index in [1.807, 2.05) is 0 Å². The fourth-order valence-corrected chi connectivity index (χ4v) is 3.45. The molecule has 0 bridgehead atoms. The molecule has 3 aromatic rings. The molecule has 1 aromatic carbocycles. The Bertz CT molecular complexity index is 1020. The van der Waals surface area contributed by atoms with E-state index in [0.717, 1.165) is 17.3 Å². The third-order valence-electron chi connectivity index (χ3n) is 4.54. The number of carboxylic acid groups (broad SMARTS) is 1. The molecule has 29 heavy (non-hydrogen) atoms. The highest BCUT2D eigenvalue weighted by Crippen LogP contribution is 2.30. The molecule has 0 aliphatic carbocycles. The summed E-state index contributed by atoms with van der Waals surface area (Å²) in [6, 6.07) is 6.13. The van der Waals surface area contributed by atoms with Crippen molar-refractivity contribution < 1.29 is 23.6 Å². The Kier molecular flexibility index (Phi) is 5.47. The molecule has 11 heteroatoms. The fraction of sp³-hybridized carbons (Fsp3) is 0.333. The van der Waals surface area contributed by atoms with Gasteiger partial charge in [-0.25, -0.2) is 9.07 Å². The fourth-order valence-electron chi connectivity index (χ4n) is 3.11. The Balaban J connectivity index is 1.36. The van der Waals surface area contributed by atoms with E-state index in [4.69, 9.17) is 14.4 Å². The largest absolute Gasteiger partial charge is 0.489 e. The maximum Gasteiger partial charge on any atom is 0.325 e. The predicted octanol–water partition coefficient (Wildman–Crippen LogP) is 2.97. The third-order valence-corrected chi connectivity index (χ3v) is 5.19. The standard InChI is InChI=1S/C18H17BrFN5O4/c19-13-2-1-11(20)7-15(13)28-12-3-5-24(6-4-12)17-8-16(29-22-17)14-9-25(23-21-14)10-18(26)27/h1-2,7-9,12H,3-6,10H2,(H,26,27). The van der Waals surface area contributed by atoms with Gasteiger partial charge in [0.1, 0.15) is 24.2 Å². The van der Waals surface area contributed by atoms with Crippen LogP contribution in [0.5, 0.6) is 5.75 Å². The van der Waals surface area contributed by atoms with Crippen LogP contribution in [0.2, 0.25) is 0 Å². The smallest absolute Gasteiger partial charge is 0.325 e. The molecule has 1 saturated heterocycles. The van der Waals surface area contributed by atoms with Crippen molar-refractivity contribution in [2.45, 2.75) is 25.5 Å². The number of benzene rings is 1. The highest BCUT2D eigenvalue weighted by Gasteiger charge is 2.24. The minimum Gasteiger partial charge on any atom is -0.489 e. The summed E-state index contributed by atoms with van der Waals surface area (Å²) in [4.78, 5) is 12.8. The number of piperidine rings is 1. The zero-order valence-electron chi connectivity index (χ0n) is 15.2. The number of hydrogen-bond acceptors (Lipinski definition) is 7. The summed E-state index contributed by atoms with van der Waals surface area (Å²) >= 11 is 3.38. The summed E-state index contributed by atoms with van der Waals surface area (Å²) in [6.45, 7) is 1.13. The van der Waals surface area contributed by atoms with Gasteiger partial charge in [0.2, 0.25) is 0 Å². The van der Waals surface area contributed by atoms with Gasteiger partial charge in [0, 0.05) is 38.1 Å². The lowest BCUT2D eigenvalue weighted by molar-refractivity contribution is -0.137. The van der Waals surface area contributed by atoms with E-state index in [-0.39, 0.29) is 18.5 Å². The van der Waals surface area contributed by atoms with Crippen molar-refractivity contribution >= 4 is 27.7 Å². The lowest BCUT2D eigenvalue weighted by atomic mass is 10.1. The van der Waals surface area contributed by atoms with Gasteiger partial charge in [0.15, 0.2) is 17.3 Å². The van der Waals surface area contributed by atoms with Gasteiger partial charge in [-0.2, -0.15) is 0 Å². The number of ether oxygens (including phenoxy) is 1. The van der Waals surface area contributed by atoms with Crippen LogP contribution in [-0.2, 0) is 11.3 Å². The van der Waals surface area contributed by atoms with E-state index in [0.29, 0.717) is 36.1 Å². The van der Waals surface area contributed by atoms with Crippen LogP contribution in [0.15, 0.2) is 39.5 Å². The Morgan fingerprint density at radius 2 is 2.14 bits per heavy atom. The van der Waals surface area contributed by atoms with E-state index in [1.165, 1.54) is 23.0 Å². The molecule has 152 valence electrons. The lowest BCUT2D eigenvalue weighted by Gasteiger charge is -2.32. The topological polar surface area (TPSA) is 107 Å². The van der Waals surface area contributed by atoms with E-state index >= 15 is 0 Å². The molecule has 0 amide bonds. The van der Waals surface area contributed by atoms with E-state index < -0.39 is 5.97 Å². The van der Waals surface area contributed by atoms with Crippen LogP contribution in [-0.4, -0.2) is 50.4 Å². The predicted molar refractivity (Wildman–Crippen MR) is 103 cm³/mol. The first-order valence-corrected chi connectivity index (χ1v) is 9.73. The van der Waals surface area contributed by atoms with Gasteiger partial charge in [0.25, 0.3) is 0 Å². The van der Waals surface area contributed by atoms with Crippen LogP contribution in [0.25, 0.3) is 11.5 Å². The number of carbonyl (C=O) groups is 1. The van der Waals surface area contributed by atoms with E-state index in [9.17, 15) is 9.18 Å². The SMILES string of the molecule is O=C(O)Cn1cc(-c2cc(N3CCC(Oc4cc(F)ccc4Br)CC3)no2)nn1. The van der Waals surface area contributed by atoms with Gasteiger partial charge in [0.05, 0.1) is 10.7 Å². The highest BCUT2D eigenvalue weighted by molar-refractivity contribution is 9.10. The lowest BCUT2D eigenvalue weighted by Crippen LogP contribution is -2.38. The molecule has 3 heterocycles. The zero-order valence-corrected chi connectivity index (χ0v) is 16.7. The summed E-state index contributed by atoms with van der Waals surface area (Å²) in [5, 5.41) is 20.6. The number of carboxylic acids is 1. The average molecular weight is 466 g/mol. The molecule has 1 fully saturated rings. The van der Waals surface area contributed by atoms with Gasteiger partial charge in [-0.3, -0.25) is 4.79 Å². The summed E-state index contributed by atoms with van der Waals surface area (Å²) in [6.07, 6.45) is 2.97. The summed E-state index contributed by atoms with van der Waals surface area (Å²) in [7, 11) is 0. The first-order valence-electron chi connectivity index (χ1n) is 8.93. The minimum atomic E-state index is -1.00. The van der Waals surface area contributed by atoms with Gasteiger partial charge < -0.3 is 19.3 Å². The summed E-state index contributed by atoms with van der Waals surface area (Å²) in [5.74, 6) is 0.236. The number of halogens is 2. The molecule has 4 rings (SSSR count). The average Bonchev–Trinajstić information content (AvgIpc) is 3.34. The molecule has 1 aliphatic heterocycles.